The van der Waals surface area contributed by atoms with E-state index >= 15 is 0 Å². The summed E-state index contributed by atoms with van der Waals surface area (Å²) in [6, 6.07) is 17.2. The van der Waals surface area contributed by atoms with E-state index in [1.807, 2.05) is 6.07 Å². The number of likely N-dealkylation sites (N-methyl/N-ethyl adjacent to an activating group) is 1. The zero-order valence-corrected chi connectivity index (χ0v) is 14.5. The first-order valence-corrected chi connectivity index (χ1v) is 8.04. The topological polar surface area (TPSA) is 29.3 Å². The molecule has 2 aromatic carbocycles. The molecule has 2 unspecified atom stereocenters. The van der Waals surface area contributed by atoms with Gasteiger partial charge in [-0.3, -0.25) is 4.90 Å². The van der Waals surface area contributed by atoms with Gasteiger partial charge in [0.2, 0.25) is 0 Å². The van der Waals surface area contributed by atoms with E-state index in [0.717, 1.165) is 11.0 Å². The molecule has 0 heterocycles. The summed E-state index contributed by atoms with van der Waals surface area (Å²) in [4.78, 5) is 2.33. The summed E-state index contributed by atoms with van der Waals surface area (Å²) in [6.07, 6.45) is 0. The van der Waals surface area contributed by atoms with Gasteiger partial charge in [0.25, 0.3) is 0 Å². The van der Waals surface area contributed by atoms with Crippen molar-refractivity contribution < 1.29 is 0 Å². The Morgan fingerprint density at radius 2 is 1.86 bits per heavy atom. The summed E-state index contributed by atoms with van der Waals surface area (Å²) >= 11 is 3.53. The van der Waals surface area contributed by atoms with Gasteiger partial charge in [-0.1, -0.05) is 52.3 Å². The molecule has 2 rings (SSSR count). The maximum atomic E-state index is 6.27. The molecule has 2 nitrogen and oxygen atoms in total. The minimum atomic E-state index is 0.0725. The van der Waals surface area contributed by atoms with Crippen LogP contribution in [0.3, 0.4) is 0 Å². The smallest absolute Gasteiger partial charge is 0.0499 e. The van der Waals surface area contributed by atoms with E-state index < -0.39 is 0 Å². The average Bonchev–Trinajstić information content (AvgIpc) is 2.41. The fraction of sp³-hybridized carbons (Fsp3) is 0.333. The van der Waals surface area contributed by atoms with Gasteiger partial charge >= 0.3 is 0 Å². The summed E-state index contributed by atoms with van der Waals surface area (Å²) in [5.41, 5.74) is 10.2. The van der Waals surface area contributed by atoms with Crippen LogP contribution in [0.5, 0.6) is 0 Å². The molecule has 2 aromatic rings. The van der Waals surface area contributed by atoms with Crippen molar-refractivity contribution in [3.05, 3.63) is 69.7 Å². The van der Waals surface area contributed by atoms with Crippen LogP contribution in [-0.2, 0) is 6.54 Å². The molecular weight excluding hydrogens is 324 g/mol. The lowest BCUT2D eigenvalue weighted by Crippen LogP contribution is -2.37. The van der Waals surface area contributed by atoms with Crippen molar-refractivity contribution in [2.24, 2.45) is 5.73 Å². The minimum Gasteiger partial charge on any atom is -0.326 e. The SMILES string of the molecule is Cc1ccccc1C(C(C)N)N(C)Cc1cccc(Br)c1. The van der Waals surface area contributed by atoms with Crippen LogP contribution in [0.2, 0.25) is 0 Å². The normalized spacial score (nSPS) is 14.2. The molecule has 0 saturated carbocycles. The van der Waals surface area contributed by atoms with Gasteiger partial charge in [-0.2, -0.15) is 0 Å². The van der Waals surface area contributed by atoms with Crippen LogP contribution in [0.25, 0.3) is 0 Å². The van der Waals surface area contributed by atoms with Crippen LogP contribution in [0.15, 0.2) is 53.0 Å². The average molecular weight is 347 g/mol. The lowest BCUT2D eigenvalue weighted by atomic mass is 9.95. The van der Waals surface area contributed by atoms with Crippen molar-refractivity contribution in [1.82, 2.24) is 4.90 Å². The first kappa shape index (κ1) is 16.2. The highest BCUT2D eigenvalue weighted by molar-refractivity contribution is 9.10. The summed E-state index contributed by atoms with van der Waals surface area (Å²) in [6.45, 7) is 5.10. The Labute approximate surface area is 136 Å². The highest BCUT2D eigenvalue weighted by Gasteiger charge is 2.22. The fourth-order valence-corrected chi connectivity index (χ4v) is 3.31. The lowest BCUT2D eigenvalue weighted by molar-refractivity contribution is 0.210. The zero-order valence-electron chi connectivity index (χ0n) is 12.9. The van der Waals surface area contributed by atoms with Crippen molar-refractivity contribution >= 4 is 15.9 Å². The molecule has 0 amide bonds. The van der Waals surface area contributed by atoms with E-state index in [9.17, 15) is 0 Å². The van der Waals surface area contributed by atoms with Crippen molar-refractivity contribution in [1.29, 1.82) is 0 Å². The molecule has 0 aliphatic heterocycles. The number of hydrogen-bond acceptors (Lipinski definition) is 2. The van der Waals surface area contributed by atoms with Gasteiger partial charge in [0.15, 0.2) is 0 Å². The Hall–Kier alpha value is -1.16. The monoisotopic (exact) mass is 346 g/mol. The molecule has 0 bridgehead atoms. The maximum absolute atomic E-state index is 6.27. The van der Waals surface area contributed by atoms with E-state index in [1.165, 1.54) is 16.7 Å². The molecule has 21 heavy (non-hydrogen) atoms. The third-order valence-corrected chi connectivity index (χ3v) is 4.29. The standard InChI is InChI=1S/C18H23BrN2/c1-13-7-4-5-10-17(13)18(14(2)20)21(3)12-15-8-6-9-16(19)11-15/h4-11,14,18H,12,20H2,1-3H3. The highest BCUT2D eigenvalue weighted by atomic mass is 79.9. The quantitative estimate of drug-likeness (QED) is 0.875. The summed E-state index contributed by atoms with van der Waals surface area (Å²) in [5.74, 6) is 0. The van der Waals surface area contributed by atoms with Crippen LogP contribution in [0.1, 0.15) is 29.7 Å². The fourth-order valence-electron chi connectivity index (χ4n) is 2.86. The van der Waals surface area contributed by atoms with E-state index in [4.69, 9.17) is 5.73 Å². The van der Waals surface area contributed by atoms with Crippen molar-refractivity contribution in [2.75, 3.05) is 7.05 Å². The van der Waals surface area contributed by atoms with E-state index in [2.05, 4.69) is 84.2 Å². The molecule has 112 valence electrons. The first-order valence-electron chi connectivity index (χ1n) is 7.25. The molecule has 0 spiro atoms. The molecule has 2 N–H and O–H groups in total. The molecule has 3 heteroatoms. The van der Waals surface area contributed by atoms with E-state index in [-0.39, 0.29) is 12.1 Å². The van der Waals surface area contributed by atoms with Gasteiger partial charge in [0.05, 0.1) is 0 Å². The first-order chi connectivity index (χ1) is 9.99. The van der Waals surface area contributed by atoms with Crippen LogP contribution in [0, 0.1) is 6.92 Å². The van der Waals surface area contributed by atoms with Gasteiger partial charge in [-0.25, -0.2) is 0 Å². The molecule has 0 radical (unpaired) electrons. The molecule has 0 saturated heterocycles. The Morgan fingerprint density at radius 1 is 1.14 bits per heavy atom. The predicted molar refractivity (Wildman–Crippen MR) is 93.2 cm³/mol. The van der Waals surface area contributed by atoms with Gasteiger partial charge in [-0.15, -0.1) is 0 Å². The van der Waals surface area contributed by atoms with Gasteiger partial charge in [0.1, 0.15) is 0 Å². The Morgan fingerprint density at radius 3 is 2.48 bits per heavy atom. The second kappa shape index (κ2) is 7.21. The van der Waals surface area contributed by atoms with Gasteiger partial charge in [-0.05, 0) is 49.7 Å². The van der Waals surface area contributed by atoms with Crippen molar-refractivity contribution in [2.45, 2.75) is 32.5 Å². The number of benzene rings is 2. The van der Waals surface area contributed by atoms with Crippen LogP contribution >= 0.6 is 15.9 Å². The maximum Gasteiger partial charge on any atom is 0.0499 e. The molecule has 0 aromatic heterocycles. The summed E-state index contributed by atoms with van der Waals surface area (Å²) in [5, 5.41) is 0. The molecular formula is C18H23BrN2. The van der Waals surface area contributed by atoms with Crippen LogP contribution in [-0.4, -0.2) is 18.0 Å². The minimum absolute atomic E-state index is 0.0725. The molecule has 2 atom stereocenters. The number of nitrogens with two attached hydrogens (primary N) is 1. The summed E-state index contributed by atoms with van der Waals surface area (Å²) < 4.78 is 1.11. The van der Waals surface area contributed by atoms with Crippen LogP contribution < -0.4 is 5.73 Å². The van der Waals surface area contributed by atoms with Crippen molar-refractivity contribution in [3.8, 4) is 0 Å². The molecule has 0 aliphatic rings. The predicted octanol–water partition coefficient (Wildman–Crippen LogP) is 4.28. The number of rotatable bonds is 5. The van der Waals surface area contributed by atoms with E-state index in [1.54, 1.807) is 0 Å². The number of aryl methyl sites for hydroxylation is 1. The Balaban J connectivity index is 2.24. The van der Waals surface area contributed by atoms with Crippen molar-refractivity contribution in [3.63, 3.8) is 0 Å². The van der Waals surface area contributed by atoms with E-state index in [0.29, 0.717) is 0 Å². The second-order valence-electron chi connectivity index (χ2n) is 5.71. The highest BCUT2D eigenvalue weighted by Crippen LogP contribution is 2.27. The molecule has 0 fully saturated rings. The number of halogens is 1. The van der Waals surface area contributed by atoms with Gasteiger partial charge in [0, 0.05) is 23.1 Å². The third kappa shape index (κ3) is 4.16. The summed E-state index contributed by atoms with van der Waals surface area (Å²) in [7, 11) is 2.14. The second-order valence-corrected chi connectivity index (χ2v) is 6.62. The number of hydrogen-bond donors (Lipinski definition) is 1. The zero-order chi connectivity index (χ0) is 15.4. The third-order valence-electron chi connectivity index (χ3n) is 3.80. The lowest BCUT2D eigenvalue weighted by Gasteiger charge is -2.32. The Bertz CT molecular complexity index is 595. The van der Waals surface area contributed by atoms with Crippen LogP contribution in [0.4, 0.5) is 0 Å². The Kier molecular flexibility index (Phi) is 5.57. The largest absolute Gasteiger partial charge is 0.326 e. The number of nitrogens with zero attached hydrogens (tertiary/aromatic N) is 1. The van der Waals surface area contributed by atoms with Gasteiger partial charge < -0.3 is 5.73 Å². The molecule has 0 aliphatic carbocycles.